The summed E-state index contributed by atoms with van der Waals surface area (Å²) >= 11 is 0. The number of rotatable bonds is 4. The summed E-state index contributed by atoms with van der Waals surface area (Å²) in [5, 5.41) is 3.01. The molecule has 1 saturated carbocycles. The molecule has 3 atom stereocenters. The third-order valence-electron chi connectivity index (χ3n) is 4.59. The fourth-order valence-electron chi connectivity index (χ4n) is 3.07. The Morgan fingerprint density at radius 2 is 2.05 bits per heavy atom. The van der Waals surface area contributed by atoms with Gasteiger partial charge in [0.25, 0.3) is 0 Å². The van der Waals surface area contributed by atoms with Gasteiger partial charge in [-0.2, -0.15) is 0 Å². The van der Waals surface area contributed by atoms with Crippen molar-refractivity contribution < 1.29 is 9.18 Å². The van der Waals surface area contributed by atoms with Gasteiger partial charge in [0.1, 0.15) is 5.82 Å². The zero-order chi connectivity index (χ0) is 15.5. The monoisotopic (exact) mass is 328 g/mol. The van der Waals surface area contributed by atoms with Crippen molar-refractivity contribution >= 4 is 18.3 Å². The van der Waals surface area contributed by atoms with E-state index >= 15 is 0 Å². The second-order valence-corrected chi connectivity index (χ2v) is 6.50. The van der Waals surface area contributed by atoms with Gasteiger partial charge in [0.15, 0.2) is 0 Å². The number of carbonyl (C=O) groups is 1. The van der Waals surface area contributed by atoms with Gasteiger partial charge in [-0.3, -0.25) is 4.79 Å². The fourth-order valence-corrected chi connectivity index (χ4v) is 3.07. The molecule has 3 nitrogen and oxygen atoms in total. The van der Waals surface area contributed by atoms with Gasteiger partial charge in [-0.1, -0.05) is 31.9 Å². The highest BCUT2D eigenvalue weighted by molar-refractivity contribution is 5.85. The van der Waals surface area contributed by atoms with E-state index in [1.165, 1.54) is 12.1 Å². The van der Waals surface area contributed by atoms with Crippen LogP contribution in [0, 0.1) is 11.7 Å². The SMILES string of the molecule is CC(CNC(=O)C1CCCCC1(C)N)c1ccc(F)cc1.Cl. The Morgan fingerprint density at radius 3 is 2.64 bits per heavy atom. The largest absolute Gasteiger partial charge is 0.355 e. The molecule has 124 valence electrons. The number of amides is 1. The molecule has 3 unspecified atom stereocenters. The van der Waals surface area contributed by atoms with E-state index in [1.54, 1.807) is 12.1 Å². The van der Waals surface area contributed by atoms with Crippen LogP contribution in [0.1, 0.15) is 51.0 Å². The Morgan fingerprint density at radius 1 is 1.41 bits per heavy atom. The summed E-state index contributed by atoms with van der Waals surface area (Å²) < 4.78 is 12.9. The minimum Gasteiger partial charge on any atom is -0.355 e. The molecule has 0 spiro atoms. The highest BCUT2D eigenvalue weighted by Crippen LogP contribution is 2.31. The first-order valence-corrected chi connectivity index (χ1v) is 7.72. The van der Waals surface area contributed by atoms with E-state index < -0.39 is 5.54 Å². The van der Waals surface area contributed by atoms with Crippen LogP contribution >= 0.6 is 12.4 Å². The quantitative estimate of drug-likeness (QED) is 0.890. The number of carbonyl (C=O) groups excluding carboxylic acids is 1. The van der Waals surface area contributed by atoms with Crippen LogP contribution in [0.5, 0.6) is 0 Å². The van der Waals surface area contributed by atoms with Crippen LogP contribution in [0.2, 0.25) is 0 Å². The van der Waals surface area contributed by atoms with Crippen LogP contribution in [-0.2, 0) is 4.79 Å². The van der Waals surface area contributed by atoms with Crippen LogP contribution in [0.25, 0.3) is 0 Å². The molecule has 0 radical (unpaired) electrons. The van der Waals surface area contributed by atoms with Crippen LogP contribution in [0.3, 0.4) is 0 Å². The molecule has 3 N–H and O–H groups in total. The van der Waals surface area contributed by atoms with E-state index in [1.807, 2.05) is 13.8 Å². The molecule has 22 heavy (non-hydrogen) atoms. The van der Waals surface area contributed by atoms with Gasteiger partial charge in [-0.25, -0.2) is 4.39 Å². The highest BCUT2D eigenvalue weighted by atomic mass is 35.5. The summed E-state index contributed by atoms with van der Waals surface area (Å²) in [5.41, 5.74) is 6.88. The number of halogens is 2. The lowest BCUT2D eigenvalue weighted by molar-refractivity contribution is -0.128. The van der Waals surface area contributed by atoms with Gasteiger partial charge in [0.05, 0.1) is 5.92 Å². The summed E-state index contributed by atoms with van der Waals surface area (Å²) in [4.78, 5) is 12.4. The van der Waals surface area contributed by atoms with Crippen molar-refractivity contribution in [3.8, 4) is 0 Å². The standard InChI is InChI=1S/C17H25FN2O.ClH/c1-12(13-6-8-14(18)9-7-13)11-20-16(21)15-5-3-4-10-17(15,2)19;/h6-9,12,15H,3-5,10-11,19H2,1-2H3,(H,20,21);1H. The van der Waals surface area contributed by atoms with Crippen LogP contribution in [-0.4, -0.2) is 18.0 Å². The van der Waals surface area contributed by atoms with Crippen LogP contribution in [0.4, 0.5) is 4.39 Å². The molecule has 1 aliphatic rings. The predicted molar refractivity (Wildman–Crippen MR) is 89.6 cm³/mol. The summed E-state index contributed by atoms with van der Waals surface area (Å²) in [6.45, 7) is 4.55. The summed E-state index contributed by atoms with van der Waals surface area (Å²) in [6.07, 6.45) is 3.93. The summed E-state index contributed by atoms with van der Waals surface area (Å²) in [6, 6.07) is 6.43. The predicted octanol–water partition coefficient (Wildman–Crippen LogP) is 3.37. The first-order valence-electron chi connectivity index (χ1n) is 7.72. The summed E-state index contributed by atoms with van der Waals surface area (Å²) in [7, 11) is 0. The average molecular weight is 329 g/mol. The smallest absolute Gasteiger partial charge is 0.224 e. The molecule has 1 aliphatic carbocycles. The van der Waals surface area contributed by atoms with Gasteiger partial charge >= 0.3 is 0 Å². The first kappa shape index (κ1) is 18.9. The Kier molecular flexibility index (Phi) is 6.82. The third kappa shape index (κ3) is 4.68. The topological polar surface area (TPSA) is 55.1 Å². The van der Waals surface area contributed by atoms with Gasteiger partial charge < -0.3 is 11.1 Å². The van der Waals surface area contributed by atoms with Crippen molar-refractivity contribution in [2.45, 2.75) is 51.0 Å². The molecular formula is C17H26ClFN2O. The number of nitrogens with two attached hydrogens (primary N) is 1. The summed E-state index contributed by atoms with van der Waals surface area (Å²) in [5.74, 6) is -0.140. The molecule has 1 amide bonds. The third-order valence-corrected chi connectivity index (χ3v) is 4.59. The zero-order valence-electron chi connectivity index (χ0n) is 13.3. The Labute approximate surface area is 138 Å². The second-order valence-electron chi connectivity index (χ2n) is 6.50. The minimum absolute atomic E-state index is 0. The molecule has 0 aliphatic heterocycles. The number of hydrogen-bond donors (Lipinski definition) is 2. The Bertz CT molecular complexity index is 490. The molecule has 1 aromatic carbocycles. The van der Waals surface area contributed by atoms with Crippen molar-refractivity contribution in [2.75, 3.05) is 6.54 Å². The molecule has 0 saturated heterocycles. The highest BCUT2D eigenvalue weighted by Gasteiger charge is 2.37. The Hall–Kier alpha value is -1.13. The lowest BCUT2D eigenvalue weighted by atomic mass is 9.74. The van der Waals surface area contributed by atoms with Crippen molar-refractivity contribution in [3.05, 3.63) is 35.6 Å². The molecule has 0 aromatic heterocycles. The molecule has 1 aromatic rings. The molecular weight excluding hydrogens is 303 g/mol. The number of benzene rings is 1. The Balaban J connectivity index is 0.00000242. The molecule has 0 heterocycles. The van der Waals surface area contributed by atoms with E-state index in [2.05, 4.69) is 5.32 Å². The zero-order valence-corrected chi connectivity index (χ0v) is 14.1. The number of nitrogens with one attached hydrogen (secondary N) is 1. The average Bonchev–Trinajstić information content (AvgIpc) is 2.44. The maximum atomic E-state index is 12.9. The lowest BCUT2D eigenvalue weighted by Gasteiger charge is -2.37. The molecule has 2 rings (SSSR count). The van der Waals surface area contributed by atoms with Crippen molar-refractivity contribution in [3.63, 3.8) is 0 Å². The number of hydrogen-bond acceptors (Lipinski definition) is 2. The lowest BCUT2D eigenvalue weighted by Crippen LogP contribution is -2.53. The first-order chi connectivity index (χ1) is 9.90. The van der Waals surface area contributed by atoms with Crippen molar-refractivity contribution in [1.29, 1.82) is 0 Å². The van der Waals surface area contributed by atoms with Crippen molar-refractivity contribution in [2.24, 2.45) is 11.7 Å². The van der Waals surface area contributed by atoms with E-state index in [4.69, 9.17) is 5.73 Å². The van der Waals surface area contributed by atoms with Crippen molar-refractivity contribution in [1.82, 2.24) is 5.32 Å². The van der Waals surface area contributed by atoms with E-state index in [0.29, 0.717) is 6.54 Å². The fraction of sp³-hybridized carbons (Fsp3) is 0.588. The van der Waals surface area contributed by atoms with E-state index in [-0.39, 0.29) is 36.0 Å². The molecule has 5 heteroatoms. The normalized spacial score (nSPS) is 25.9. The minimum atomic E-state index is -0.401. The maximum Gasteiger partial charge on any atom is 0.224 e. The van der Waals surface area contributed by atoms with Gasteiger partial charge in [-0.05, 0) is 43.4 Å². The van der Waals surface area contributed by atoms with Gasteiger partial charge in [-0.15, -0.1) is 12.4 Å². The maximum absolute atomic E-state index is 12.9. The molecule has 0 bridgehead atoms. The molecule has 1 fully saturated rings. The van der Waals surface area contributed by atoms with E-state index in [0.717, 1.165) is 31.2 Å². The van der Waals surface area contributed by atoms with Crippen LogP contribution in [0.15, 0.2) is 24.3 Å². The second kappa shape index (κ2) is 7.93. The van der Waals surface area contributed by atoms with Crippen LogP contribution < -0.4 is 11.1 Å². The van der Waals surface area contributed by atoms with Gasteiger partial charge in [0.2, 0.25) is 5.91 Å². The van der Waals surface area contributed by atoms with E-state index in [9.17, 15) is 9.18 Å². The van der Waals surface area contributed by atoms with Gasteiger partial charge in [0, 0.05) is 12.1 Å².